The summed E-state index contributed by atoms with van der Waals surface area (Å²) in [6, 6.07) is 16.6. The Labute approximate surface area is 172 Å². The van der Waals surface area contributed by atoms with Crippen molar-refractivity contribution in [3.05, 3.63) is 66.0 Å². The van der Waals surface area contributed by atoms with Gasteiger partial charge in [-0.1, -0.05) is 43.3 Å². The van der Waals surface area contributed by atoms with E-state index in [0.717, 1.165) is 36.2 Å². The van der Waals surface area contributed by atoms with Crippen molar-refractivity contribution < 1.29 is 4.79 Å². The van der Waals surface area contributed by atoms with Crippen molar-refractivity contribution in [3.8, 4) is 0 Å². The van der Waals surface area contributed by atoms with E-state index >= 15 is 0 Å². The molecule has 0 spiro atoms. The maximum absolute atomic E-state index is 12.4. The van der Waals surface area contributed by atoms with Crippen molar-refractivity contribution in [2.75, 3.05) is 13.1 Å². The molecule has 0 radical (unpaired) electrons. The van der Waals surface area contributed by atoms with Crippen molar-refractivity contribution in [3.63, 3.8) is 0 Å². The monoisotopic (exact) mass is 390 g/mol. The fourth-order valence-corrected chi connectivity index (χ4v) is 4.32. The van der Waals surface area contributed by atoms with Crippen LogP contribution in [0.5, 0.6) is 0 Å². The molecule has 152 valence electrons. The number of nitrogens with one attached hydrogen (secondary N) is 2. The molecule has 1 aliphatic heterocycles. The average molecular weight is 391 g/mol. The molecule has 0 bridgehead atoms. The molecule has 29 heavy (non-hydrogen) atoms. The molecule has 1 atom stereocenters. The fourth-order valence-electron chi connectivity index (χ4n) is 4.32. The number of imidazole rings is 1. The number of aromatic nitrogens is 2. The fraction of sp³-hybridized carbons (Fsp3) is 0.417. The van der Waals surface area contributed by atoms with Crippen molar-refractivity contribution in [2.24, 2.45) is 11.8 Å². The number of benzene rings is 2. The SMILES string of the molecule is CC(CC(=O)NCc1cccc(Cn2cnc3ccccc32)c1)C1CCNCC1. The zero-order valence-corrected chi connectivity index (χ0v) is 17.1. The summed E-state index contributed by atoms with van der Waals surface area (Å²) in [5.74, 6) is 1.26. The van der Waals surface area contributed by atoms with Crippen molar-refractivity contribution in [1.29, 1.82) is 0 Å². The lowest BCUT2D eigenvalue weighted by molar-refractivity contribution is -0.122. The number of carbonyl (C=O) groups is 1. The minimum atomic E-state index is 0.155. The highest BCUT2D eigenvalue weighted by atomic mass is 16.1. The molecular weight excluding hydrogens is 360 g/mol. The first-order valence-corrected chi connectivity index (χ1v) is 10.6. The molecule has 4 rings (SSSR count). The Morgan fingerprint density at radius 3 is 2.83 bits per heavy atom. The van der Waals surface area contributed by atoms with E-state index in [1.807, 2.05) is 24.5 Å². The summed E-state index contributed by atoms with van der Waals surface area (Å²) in [5, 5.41) is 6.50. The van der Waals surface area contributed by atoms with Gasteiger partial charge in [-0.15, -0.1) is 0 Å². The molecule has 2 N–H and O–H groups in total. The average Bonchev–Trinajstić information content (AvgIpc) is 3.16. The highest BCUT2D eigenvalue weighted by molar-refractivity contribution is 5.76. The molecule has 1 amide bonds. The second-order valence-electron chi connectivity index (χ2n) is 8.23. The molecule has 5 heteroatoms. The minimum Gasteiger partial charge on any atom is -0.352 e. The lowest BCUT2D eigenvalue weighted by atomic mass is 9.84. The highest BCUT2D eigenvalue weighted by Crippen LogP contribution is 2.24. The van der Waals surface area contributed by atoms with E-state index in [0.29, 0.717) is 24.8 Å². The predicted octanol–water partition coefficient (Wildman–Crippen LogP) is 3.73. The van der Waals surface area contributed by atoms with Crippen LogP contribution in [0.1, 0.15) is 37.3 Å². The van der Waals surface area contributed by atoms with Crippen molar-refractivity contribution >= 4 is 16.9 Å². The smallest absolute Gasteiger partial charge is 0.220 e. The van der Waals surface area contributed by atoms with Gasteiger partial charge in [0, 0.05) is 19.5 Å². The molecule has 1 saturated heterocycles. The number of carbonyl (C=O) groups excluding carboxylic acids is 1. The molecule has 1 aliphatic rings. The van der Waals surface area contributed by atoms with Crippen molar-refractivity contribution in [1.82, 2.24) is 20.2 Å². The first kappa shape index (κ1) is 19.6. The highest BCUT2D eigenvalue weighted by Gasteiger charge is 2.21. The number of nitrogens with zero attached hydrogens (tertiary/aromatic N) is 2. The number of rotatable bonds is 7. The molecule has 0 saturated carbocycles. The van der Waals surface area contributed by atoms with E-state index in [9.17, 15) is 4.79 Å². The molecule has 5 nitrogen and oxygen atoms in total. The molecule has 1 aromatic heterocycles. The predicted molar refractivity (Wildman–Crippen MR) is 116 cm³/mol. The van der Waals surface area contributed by atoms with Gasteiger partial charge in [0.1, 0.15) is 0 Å². The second kappa shape index (κ2) is 9.23. The van der Waals surface area contributed by atoms with Crippen molar-refractivity contribution in [2.45, 2.75) is 39.3 Å². The molecule has 2 aromatic carbocycles. The van der Waals surface area contributed by atoms with Gasteiger partial charge in [0.15, 0.2) is 0 Å². The Kier molecular flexibility index (Phi) is 6.25. The normalized spacial score (nSPS) is 16.0. The summed E-state index contributed by atoms with van der Waals surface area (Å²) in [5.41, 5.74) is 4.50. The summed E-state index contributed by atoms with van der Waals surface area (Å²) in [7, 11) is 0. The van der Waals surface area contributed by atoms with E-state index in [2.05, 4.69) is 57.4 Å². The van der Waals surface area contributed by atoms with Crippen LogP contribution in [-0.2, 0) is 17.9 Å². The Morgan fingerprint density at radius 1 is 1.17 bits per heavy atom. The van der Waals surface area contributed by atoms with Gasteiger partial charge in [-0.05, 0) is 61.0 Å². The summed E-state index contributed by atoms with van der Waals surface area (Å²) in [6.45, 7) is 5.72. The lowest BCUT2D eigenvalue weighted by Gasteiger charge is -2.27. The number of para-hydroxylation sites is 2. The van der Waals surface area contributed by atoms with Crippen LogP contribution < -0.4 is 10.6 Å². The number of fused-ring (bicyclic) bond motifs is 1. The van der Waals surface area contributed by atoms with E-state index < -0.39 is 0 Å². The second-order valence-corrected chi connectivity index (χ2v) is 8.23. The largest absolute Gasteiger partial charge is 0.352 e. The van der Waals surface area contributed by atoms with Gasteiger partial charge in [0.25, 0.3) is 0 Å². The van der Waals surface area contributed by atoms with Crippen LogP contribution in [-0.4, -0.2) is 28.5 Å². The first-order valence-electron chi connectivity index (χ1n) is 10.6. The van der Waals surface area contributed by atoms with Gasteiger partial charge in [-0.3, -0.25) is 4.79 Å². The third-order valence-corrected chi connectivity index (χ3v) is 6.06. The maximum Gasteiger partial charge on any atom is 0.220 e. The number of hydrogen-bond donors (Lipinski definition) is 2. The summed E-state index contributed by atoms with van der Waals surface area (Å²) < 4.78 is 2.16. The van der Waals surface area contributed by atoms with Gasteiger partial charge in [0.05, 0.1) is 17.4 Å². The van der Waals surface area contributed by atoms with Crippen LogP contribution in [0.4, 0.5) is 0 Å². The zero-order chi connectivity index (χ0) is 20.1. The third kappa shape index (κ3) is 5.04. The Balaban J connectivity index is 1.32. The third-order valence-electron chi connectivity index (χ3n) is 6.06. The quantitative estimate of drug-likeness (QED) is 0.646. The van der Waals surface area contributed by atoms with E-state index in [1.165, 1.54) is 18.4 Å². The Morgan fingerprint density at radius 2 is 1.97 bits per heavy atom. The molecule has 1 unspecified atom stereocenters. The molecule has 0 aliphatic carbocycles. The van der Waals surface area contributed by atoms with E-state index in [4.69, 9.17) is 0 Å². The maximum atomic E-state index is 12.4. The number of hydrogen-bond acceptors (Lipinski definition) is 3. The van der Waals surface area contributed by atoms with Gasteiger partial charge in [0.2, 0.25) is 5.91 Å². The first-order chi connectivity index (χ1) is 14.2. The van der Waals surface area contributed by atoms with Gasteiger partial charge in [-0.2, -0.15) is 0 Å². The zero-order valence-electron chi connectivity index (χ0n) is 17.1. The standard InChI is InChI=1S/C24H30N4O/c1-18(21-9-11-25-12-10-21)13-24(29)26-15-19-5-4-6-20(14-19)16-28-17-27-22-7-2-3-8-23(22)28/h2-8,14,17-18,21,25H,9-13,15-16H2,1H3,(H,26,29). The van der Waals surface area contributed by atoms with E-state index in [-0.39, 0.29) is 5.91 Å². The number of piperidine rings is 1. The molecule has 2 heterocycles. The summed E-state index contributed by atoms with van der Waals surface area (Å²) in [4.78, 5) is 16.9. The van der Waals surface area contributed by atoms with Crippen LogP contribution in [0.15, 0.2) is 54.9 Å². The van der Waals surface area contributed by atoms with Crippen LogP contribution in [0.3, 0.4) is 0 Å². The van der Waals surface area contributed by atoms with Crippen LogP contribution >= 0.6 is 0 Å². The van der Waals surface area contributed by atoms with Crippen LogP contribution in [0.2, 0.25) is 0 Å². The number of amides is 1. The summed E-state index contributed by atoms with van der Waals surface area (Å²) >= 11 is 0. The molecule has 1 fully saturated rings. The Hall–Kier alpha value is -2.66. The lowest BCUT2D eigenvalue weighted by Crippen LogP contribution is -2.33. The molecular formula is C24H30N4O. The topological polar surface area (TPSA) is 59.0 Å². The van der Waals surface area contributed by atoms with E-state index in [1.54, 1.807) is 0 Å². The summed E-state index contributed by atoms with van der Waals surface area (Å²) in [6.07, 6.45) is 4.87. The van der Waals surface area contributed by atoms with Crippen LogP contribution in [0.25, 0.3) is 11.0 Å². The Bertz CT molecular complexity index is 958. The van der Waals surface area contributed by atoms with Gasteiger partial charge in [-0.25, -0.2) is 4.98 Å². The van der Waals surface area contributed by atoms with Crippen LogP contribution in [0, 0.1) is 11.8 Å². The molecule has 3 aromatic rings. The van der Waals surface area contributed by atoms with Gasteiger partial charge < -0.3 is 15.2 Å². The minimum absolute atomic E-state index is 0.155. The van der Waals surface area contributed by atoms with Gasteiger partial charge >= 0.3 is 0 Å².